The van der Waals surface area contributed by atoms with Crippen molar-refractivity contribution in [2.24, 2.45) is 0 Å². The van der Waals surface area contributed by atoms with Crippen LogP contribution in [0.5, 0.6) is 11.5 Å². The third-order valence-electron chi connectivity index (χ3n) is 9.28. The SMILES string of the molecule is Cc1cc(C(=O)OCc2ccccc2)cc(C)c1OC(=O)C1c2ccccc2N(C)c2cc(C=Cc3ccc(OCc4ccccc4)cc3)ccc21. The summed E-state index contributed by atoms with van der Waals surface area (Å²) in [5.41, 5.74) is 9.45. The smallest absolute Gasteiger partial charge is 0.338 e. The summed E-state index contributed by atoms with van der Waals surface area (Å²) in [5.74, 6) is -0.196. The summed E-state index contributed by atoms with van der Waals surface area (Å²) in [6.07, 6.45) is 4.14. The molecule has 7 rings (SSSR count). The van der Waals surface area contributed by atoms with E-state index in [1.165, 1.54) is 0 Å². The number of aryl methyl sites for hydroxylation is 2. The molecule has 0 aromatic heterocycles. The Labute approximate surface area is 304 Å². The number of hydrogen-bond acceptors (Lipinski definition) is 6. The van der Waals surface area contributed by atoms with Crippen LogP contribution in [0, 0.1) is 13.8 Å². The maximum absolute atomic E-state index is 14.2. The molecule has 6 aromatic carbocycles. The molecule has 1 unspecified atom stereocenters. The quantitative estimate of drug-likeness (QED) is 0.0813. The number of esters is 2. The number of nitrogens with zero attached hydrogens (tertiary/aromatic N) is 1. The summed E-state index contributed by atoms with van der Waals surface area (Å²) in [6, 6.07) is 45.2. The Balaban J connectivity index is 1.08. The van der Waals surface area contributed by atoms with Crippen LogP contribution in [0.25, 0.3) is 12.2 Å². The molecule has 1 aliphatic heterocycles. The van der Waals surface area contributed by atoms with E-state index in [2.05, 4.69) is 23.1 Å². The molecule has 0 spiro atoms. The lowest BCUT2D eigenvalue weighted by atomic mass is 9.84. The van der Waals surface area contributed by atoms with Gasteiger partial charge in [-0.1, -0.05) is 115 Å². The predicted molar refractivity (Wildman–Crippen MR) is 206 cm³/mol. The minimum absolute atomic E-state index is 0.180. The van der Waals surface area contributed by atoms with E-state index < -0.39 is 11.9 Å². The molecule has 6 heteroatoms. The van der Waals surface area contributed by atoms with Gasteiger partial charge >= 0.3 is 11.9 Å². The van der Waals surface area contributed by atoms with Crippen LogP contribution < -0.4 is 14.4 Å². The fourth-order valence-corrected chi connectivity index (χ4v) is 6.59. The number of carbonyl (C=O) groups is 2. The number of hydrogen-bond donors (Lipinski definition) is 0. The minimum atomic E-state index is -0.641. The first-order valence-electron chi connectivity index (χ1n) is 17.3. The maximum Gasteiger partial charge on any atom is 0.338 e. The zero-order valence-corrected chi connectivity index (χ0v) is 29.4. The highest BCUT2D eigenvalue weighted by atomic mass is 16.5. The Kier molecular flexibility index (Phi) is 9.98. The normalized spacial score (nSPS) is 13.3. The van der Waals surface area contributed by atoms with E-state index in [4.69, 9.17) is 14.2 Å². The van der Waals surface area contributed by atoms with Gasteiger partial charge in [0.15, 0.2) is 0 Å². The van der Waals surface area contributed by atoms with Crippen LogP contribution in [0.1, 0.15) is 60.8 Å². The van der Waals surface area contributed by atoms with Crippen molar-refractivity contribution in [3.8, 4) is 11.5 Å². The first kappa shape index (κ1) is 34.1. The summed E-state index contributed by atoms with van der Waals surface area (Å²) in [4.78, 5) is 29.2. The Hall–Kier alpha value is -6.40. The second-order valence-electron chi connectivity index (χ2n) is 13.0. The van der Waals surface area contributed by atoms with Crippen LogP contribution in [0.4, 0.5) is 11.4 Å². The van der Waals surface area contributed by atoms with Crippen LogP contribution in [0.2, 0.25) is 0 Å². The zero-order chi connectivity index (χ0) is 36.0. The molecule has 6 aromatic rings. The predicted octanol–water partition coefficient (Wildman–Crippen LogP) is 10.2. The lowest BCUT2D eigenvalue weighted by Crippen LogP contribution is -2.29. The topological polar surface area (TPSA) is 65.1 Å². The van der Waals surface area contributed by atoms with Crippen LogP contribution in [-0.2, 0) is 22.7 Å². The number of carbonyl (C=O) groups excluding carboxylic acids is 2. The van der Waals surface area contributed by atoms with Crippen LogP contribution in [0.15, 0.2) is 140 Å². The van der Waals surface area contributed by atoms with Gasteiger partial charge in [-0.3, -0.25) is 4.79 Å². The van der Waals surface area contributed by atoms with Gasteiger partial charge in [0, 0.05) is 18.4 Å². The van der Waals surface area contributed by atoms with Crippen molar-refractivity contribution in [1.29, 1.82) is 0 Å². The third-order valence-corrected chi connectivity index (χ3v) is 9.28. The molecule has 0 fully saturated rings. The van der Waals surface area contributed by atoms with Crippen LogP contribution >= 0.6 is 0 Å². The van der Waals surface area contributed by atoms with Gasteiger partial charge in [-0.25, -0.2) is 4.79 Å². The molecule has 258 valence electrons. The van der Waals surface area contributed by atoms with E-state index in [0.717, 1.165) is 50.5 Å². The Morgan fingerprint density at radius 1 is 0.635 bits per heavy atom. The number of benzene rings is 6. The van der Waals surface area contributed by atoms with Crippen LogP contribution in [0.3, 0.4) is 0 Å². The van der Waals surface area contributed by atoms with E-state index in [-0.39, 0.29) is 12.6 Å². The van der Waals surface area contributed by atoms with Crippen molar-refractivity contribution in [2.45, 2.75) is 33.0 Å². The molecule has 0 aliphatic carbocycles. The fraction of sp³-hybridized carbons (Fsp3) is 0.130. The monoisotopic (exact) mass is 685 g/mol. The highest BCUT2D eigenvalue weighted by molar-refractivity contribution is 5.94. The molecule has 0 radical (unpaired) electrons. The number of ether oxygens (including phenoxy) is 3. The minimum Gasteiger partial charge on any atom is -0.489 e. The van der Waals surface area contributed by atoms with E-state index in [1.54, 1.807) is 12.1 Å². The Bertz CT molecular complexity index is 2220. The van der Waals surface area contributed by atoms with Crippen molar-refractivity contribution in [3.05, 3.63) is 190 Å². The van der Waals surface area contributed by atoms with E-state index in [9.17, 15) is 9.59 Å². The molecule has 1 heterocycles. The van der Waals surface area contributed by atoms with E-state index >= 15 is 0 Å². The molecule has 0 N–H and O–H groups in total. The number of para-hydroxylation sites is 1. The van der Waals surface area contributed by atoms with Crippen molar-refractivity contribution >= 4 is 35.5 Å². The standard InChI is InChI=1S/C46H39NO5/c1-31-26-37(45(48)51-30-36-14-8-5-9-15-36)27-32(2)44(31)52-46(49)43-39-16-10-11-17-41(39)47(3)42-28-34(22-25-40(42)43)19-18-33-20-23-38(24-21-33)50-29-35-12-6-4-7-13-35/h4-28,43H,29-30H2,1-3H3. The molecule has 0 amide bonds. The summed E-state index contributed by atoms with van der Waals surface area (Å²) >= 11 is 0. The highest BCUT2D eigenvalue weighted by Gasteiger charge is 2.35. The number of rotatable bonds is 10. The second-order valence-corrected chi connectivity index (χ2v) is 13.0. The van der Waals surface area contributed by atoms with Crippen molar-refractivity contribution in [2.75, 3.05) is 11.9 Å². The molecule has 0 saturated heterocycles. The molecular weight excluding hydrogens is 647 g/mol. The number of anilines is 2. The zero-order valence-electron chi connectivity index (χ0n) is 29.4. The largest absolute Gasteiger partial charge is 0.489 e. The van der Waals surface area contributed by atoms with Crippen molar-refractivity contribution in [3.63, 3.8) is 0 Å². The van der Waals surface area contributed by atoms with Gasteiger partial charge in [0.2, 0.25) is 0 Å². The molecular formula is C46H39NO5. The van der Waals surface area contributed by atoms with Crippen LogP contribution in [-0.4, -0.2) is 19.0 Å². The highest BCUT2D eigenvalue weighted by Crippen LogP contribution is 2.46. The van der Waals surface area contributed by atoms with Gasteiger partial charge in [-0.05, 0) is 94.8 Å². The molecule has 1 aliphatic rings. The first-order valence-corrected chi connectivity index (χ1v) is 17.3. The van der Waals surface area contributed by atoms with Crippen molar-refractivity contribution < 1.29 is 23.8 Å². The van der Waals surface area contributed by atoms with E-state index in [1.807, 2.05) is 142 Å². The average Bonchev–Trinajstić information content (AvgIpc) is 3.18. The molecule has 0 saturated carbocycles. The Morgan fingerprint density at radius 3 is 1.90 bits per heavy atom. The molecule has 1 atom stereocenters. The van der Waals surface area contributed by atoms with Gasteiger partial charge in [0.25, 0.3) is 0 Å². The van der Waals surface area contributed by atoms with E-state index in [0.29, 0.717) is 29.0 Å². The summed E-state index contributed by atoms with van der Waals surface area (Å²) in [5, 5.41) is 0. The lowest BCUT2D eigenvalue weighted by Gasteiger charge is -2.34. The number of fused-ring (bicyclic) bond motifs is 2. The Morgan fingerprint density at radius 2 is 1.21 bits per heavy atom. The van der Waals surface area contributed by atoms with Gasteiger partial charge in [0.1, 0.15) is 30.6 Å². The fourth-order valence-electron chi connectivity index (χ4n) is 6.59. The summed E-state index contributed by atoms with van der Waals surface area (Å²) < 4.78 is 17.7. The van der Waals surface area contributed by atoms with Gasteiger partial charge in [-0.15, -0.1) is 0 Å². The van der Waals surface area contributed by atoms with Gasteiger partial charge in [-0.2, -0.15) is 0 Å². The lowest BCUT2D eigenvalue weighted by molar-refractivity contribution is -0.135. The molecule has 0 bridgehead atoms. The van der Waals surface area contributed by atoms with Gasteiger partial charge < -0.3 is 19.1 Å². The maximum atomic E-state index is 14.2. The first-order chi connectivity index (χ1) is 25.3. The third kappa shape index (κ3) is 7.52. The summed E-state index contributed by atoms with van der Waals surface area (Å²) in [7, 11) is 2.02. The van der Waals surface area contributed by atoms with Crippen molar-refractivity contribution in [1.82, 2.24) is 0 Å². The molecule has 52 heavy (non-hydrogen) atoms. The summed E-state index contributed by atoms with van der Waals surface area (Å²) in [6.45, 7) is 4.38. The van der Waals surface area contributed by atoms with Gasteiger partial charge in [0.05, 0.1) is 5.56 Å². The average molecular weight is 686 g/mol. The second kappa shape index (κ2) is 15.2. The molecule has 6 nitrogen and oxygen atoms in total.